The molecule has 2 aromatic carbocycles. The zero-order valence-corrected chi connectivity index (χ0v) is 15.7. The first-order valence-electron chi connectivity index (χ1n) is 9.02. The van der Waals surface area contributed by atoms with Crippen LogP contribution in [0, 0.1) is 9.81 Å². The van der Waals surface area contributed by atoms with Gasteiger partial charge in [-0.3, -0.25) is 0 Å². The van der Waals surface area contributed by atoms with Crippen molar-refractivity contribution in [3.8, 4) is 0 Å². The van der Waals surface area contributed by atoms with Crippen molar-refractivity contribution in [3.63, 3.8) is 0 Å². The molecule has 0 N–H and O–H groups in total. The number of aromatic nitrogens is 2. The zero-order chi connectivity index (χ0) is 19.1. The Bertz CT molecular complexity index is 1250. The Morgan fingerprint density at radius 3 is 2.07 bits per heavy atom. The third-order valence-electron chi connectivity index (χ3n) is 6.34. The SMILES string of the molecule is CC1(C)[N+](=O)C([n+]2c3ccccc3n3c4ccccc4oc32)[N+](=O)C1(C)C. The van der Waals surface area contributed by atoms with E-state index < -0.39 is 17.4 Å². The zero-order valence-electron chi connectivity index (χ0n) is 15.7. The van der Waals surface area contributed by atoms with Gasteiger partial charge in [0, 0.05) is 37.5 Å². The number of benzene rings is 2. The van der Waals surface area contributed by atoms with Crippen LogP contribution < -0.4 is 4.57 Å². The Labute approximate surface area is 154 Å². The largest absolute Gasteiger partial charge is 0.582 e. The van der Waals surface area contributed by atoms with E-state index in [9.17, 15) is 9.81 Å². The van der Waals surface area contributed by atoms with Crippen LogP contribution in [0.1, 0.15) is 34.0 Å². The van der Waals surface area contributed by atoms with Crippen molar-refractivity contribution in [3.05, 3.63) is 58.3 Å². The van der Waals surface area contributed by atoms with Gasteiger partial charge in [0.15, 0.2) is 22.1 Å². The molecule has 2 aromatic heterocycles. The van der Waals surface area contributed by atoms with Gasteiger partial charge in [-0.2, -0.15) is 4.40 Å². The number of para-hydroxylation sites is 4. The van der Waals surface area contributed by atoms with E-state index in [1.807, 2.05) is 52.9 Å². The van der Waals surface area contributed by atoms with Crippen LogP contribution in [0.15, 0.2) is 52.9 Å². The molecule has 0 amide bonds. The summed E-state index contributed by atoms with van der Waals surface area (Å²) in [7, 11) is 0. The van der Waals surface area contributed by atoms with Crippen molar-refractivity contribution in [2.75, 3.05) is 0 Å². The average molecular weight is 365 g/mol. The van der Waals surface area contributed by atoms with Crippen molar-refractivity contribution >= 4 is 28.0 Å². The molecule has 1 aliphatic heterocycles. The Kier molecular flexibility index (Phi) is 2.86. The van der Waals surface area contributed by atoms with E-state index in [0.717, 1.165) is 26.1 Å². The fourth-order valence-corrected chi connectivity index (χ4v) is 3.97. The fraction of sp³-hybridized carbons (Fsp3) is 0.350. The minimum absolute atomic E-state index is 0.470. The molecule has 1 fully saturated rings. The topological polar surface area (TPSA) is 61.6 Å². The average Bonchev–Trinajstić information content (AvgIpc) is 3.20. The molecule has 0 bridgehead atoms. The van der Waals surface area contributed by atoms with Crippen molar-refractivity contribution < 1.29 is 18.5 Å². The molecule has 1 aliphatic rings. The lowest BCUT2D eigenvalue weighted by Crippen LogP contribution is -2.48. The Hall–Kier alpha value is -3.09. The van der Waals surface area contributed by atoms with Crippen LogP contribution in [0.25, 0.3) is 28.0 Å². The maximum Gasteiger partial charge on any atom is 0.582 e. The highest BCUT2D eigenvalue weighted by Gasteiger charge is 2.78. The summed E-state index contributed by atoms with van der Waals surface area (Å²) in [6.07, 6.45) is -1.05. The number of imidazole rings is 1. The summed E-state index contributed by atoms with van der Waals surface area (Å²) in [5, 5.41) is 0. The molecular formula is C20H21N4O3+3. The predicted octanol–water partition coefficient (Wildman–Crippen LogP) is 3.71. The van der Waals surface area contributed by atoms with Crippen LogP contribution in [0.3, 0.4) is 0 Å². The van der Waals surface area contributed by atoms with Crippen molar-refractivity contribution in [1.29, 1.82) is 0 Å². The normalized spacial score (nSPS) is 19.7. The van der Waals surface area contributed by atoms with Gasteiger partial charge in [0.05, 0.1) is 0 Å². The Morgan fingerprint density at radius 1 is 0.852 bits per heavy atom. The highest BCUT2D eigenvalue weighted by molar-refractivity contribution is 5.84. The lowest BCUT2D eigenvalue weighted by atomic mass is 9.84. The van der Waals surface area contributed by atoms with Crippen LogP contribution in [-0.2, 0) is 0 Å². The van der Waals surface area contributed by atoms with Gasteiger partial charge in [0.2, 0.25) is 0 Å². The molecule has 1 saturated heterocycles. The van der Waals surface area contributed by atoms with E-state index >= 15 is 0 Å². The van der Waals surface area contributed by atoms with Gasteiger partial charge in [0.1, 0.15) is 9.52 Å². The number of hydrogen-bond acceptors (Lipinski definition) is 3. The van der Waals surface area contributed by atoms with Crippen molar-refractivity contribution in [2.24, 2.45) is 0 Å². The summed E-state index contributed by atoms with van der Waals surface area (Å²) in [6, 6.07) is 15.4. The number of hydrogen-bond donors (Lipinski definition) is 0. The molecule has 0 spiro atoms. The van der Waals surface area contributed by atoms with Gasteiger partial charge in [-0.15, -0.1) is 0 Å². The number of oxazole rings is 1. The van der Waals surface area contributed by atoms with Crippen LogP contribution in [0.5, 0.6) is 0 Å². The minimum atomic E-state index is -1.05. The molecule has 0 atom stereocenters. The Balaban J connectivity index is 1.93. The Morgan fingerprint density at radius 2 is 1.41 bits per heavy atom. The molecule has 136 valence electrons. The maximum atomic E-state index is 13.3. The van der Waals surface area contributed by atoms with Crippen LogP contribution in [0.4, 0.5) is 0 Å². The molecule has 27 heavy (non-hydrogen) atoms. The van der Waals surface area contributed by atoms with E-state index in [-0.39, 0.29) is 0 Å². The van der Waals surface area contributed by atoms with Crippen LogP contribution >= 0.6 is 0 Å². The molecule has 7 nitrogen and oxygen atoms in total. The molecule has 0 aliphatic carbocycles. The van der Waals surface area contributed by atoms with E-state index in [1.54, 1.807) is 32.3 Å². The van der Waals surface area contributed by atoms with E-state index in [1.165, 1.54) is 0 Å². The summed E-state index contributed by atoms with van der Waals surface area (Å²) in [5.74, 6) is 0.470. The first-order chi connectivity index (χ1) is 12.8. The predicted molar refractivity (Wildman–Crippen MR) is 99.3 cm³/mol. The molecule has 3 heterocycles. The maximum absolute atomic E-state index is 13.3. The van der Waals surface area contributed by atoms with E-state index in [0.29, 0.717) is 11.4 Å². The molecule has 0 unspecified atom stereocenters. The second kappa shape index (κ2) is 4.79. The van der Waals surface area contributed by atoms with Gasteiger partial charge < -0.3 is 4.42 Å². The number of fused-ring (bicyclic) bond motifs is 5. The highest BCUT2D eigenvalue weighted by Crippen LogP contribution is 2.40. The van der Waals surface area contributed by atoms with Gasteiger partial charge in [0.25, 0.3) is 11.1 Å². The first kappa shape index (κ1) is 16.1. The van der Waals surface area contributed by atoms with Crippen molar-refractivity contribution in [1.82, 2.24) is 4.40 Å². The third-order valence-corrected chi connectivity index (χ3v) is 6.34. The third kappa shape index (κ3) is 1.74. The number of nitroso groups, excluding NO2 is 2. The van der Waals surface area contributed by atoms with Gasteiger partial charge >= 0.3 is 12.1 Å². The molecular weight excluding hydrogens is 344 g/mol. The van der Waals surface area contributed by atoms with Gasteiger partial charge in [-0.05, 0) is 24.3 Å². The first-order valence-corrected chi connectivity index (χ1v) is 9.02. The quantitative estimate of drug-likeness (QED) is 0.483. The van der Waals surface area contributed by atoms with Crippen LogP contribution in [0.2, 0.25) is 0 Å². The number of nitrogens with zero attached hydrogens (tertiary/aromatic N) is 4. The molecule has 7 heteroatoms. The fourth-order valence-electron chi connectivity index (χ4n) is 3.97. The van der Waals surface area contributed by atoms with Crippen molar-refractivity contribution in [2.45, 2.75) is 45.1 Å². The minimum Gasteiger partial charge on any atom is -0.386 e. The summed E-state index contributed by atoms with van der Waals surface area (Å²) in [4.78, 5) is 26.5. The lowest BCUT2D eigenvalue weighted by molar-refractivity contribution is -0.998. The summed E-state index contributed by atoms with van der Waals surface area (Å²) in [6.45, 7) is 7.22. The van der Waals surface area contributed by atoms with Gasteiger partial charge in [-0.1, -0.05) is 28.8 Å². The van der Waals surface area contributed by atoms with Gasteiger partial charge in [-0.25, -0.2) is 0 Å². The molecule has 4 aromatic rings. The van der Waals surface area contributed by atoms with E-state index in [2.05, 4.69) is 0 Å². The highest BCUT2D eigenvalue weighted by atomic mass is 16.4. The molecule has 5 rings (SSSR count). The standard InChI is InChI=1S/C20H21N4O3/c1-19(2)20(3,4)24(26)17(23(19)25)22-14-10-6-5-9-13(14)21-15-11-7-8-12-16(15)27-18(21)22/h5-12,17H,1-4H3/q+3. The van der Waals surface area contributed by atoms with Crippen LogP contribution in [-0.4, -0.2) is 25.0 Å². The lowest BCUT2D eigenvalue weighted by Gasteiger charge is -2.14. The summed E-state index contributed by atoms with van der Waals surface area (Å²) >= 11 is 0. The monoisotopic (exact) mass is 365 g/mol. The van der Waals surface area contributed by atoms with E-state index in [4.69, 9.17) is 4.42 Å². The smallest absolute Gasteiger partial charge is 0.386 e. The second-order valence-corrected chi connectivity index (χ2v) is 8.16. The summed E-state index contributed by atoms with van der Waals surface area (Å²) < 4.78 is 11.6. The second-order valence-electron chi connectivity index (χ2n) is 8.16. The number of rotatable bonds is 1. The summed E-state index contributed by atoms with van der Waals surface area (Å²) in [5.41, 5.74) is 1.54. The molecule has 0 saturated carbocycles. The molecule has 0 radical (unpaired) electrons.